The molecule has 8 heteroatoms. The van der Waals surface area contributed by atoms with Gasteiger partial charge in [-0.05, 0) is 23.6 Å². The molecule has 1 aromatic carbocycles. The van der Waals surface area contributed by atoms with Gasteiger partial charge in [-0.15, -0.1) is 16.4 Å². The number of aliphatic hydroxyl groups is 1. The molecule has 3 rings (SSSR count). The van der Waals surface area contributed by atoms with Crippen molar-refractivity contribution in [2.75, 3.05) is 5.75 Å². The molecule has 0 aliphatic carbocycles. The van der Waals surface area contributed by atoms with Crippen LogP contribution in [0.25, 0.3) is 10.7 Å². The van der Waals surface area contributed by atoms with Gasteiger partial charge in [0, 0.05) is 5.75 Å². The van der Waals surface area contributed by atoms with Crippen molar-refractivity contribution in [3.05, 3.63) is 52.9 Å². The number of aromatic amines is 1. The van der Waals surface area contributed by atoms with Gasteiger partial charge in [-0.1, -0.05) is 23.9 Å². The highest BCUT2D eigenvalue weighted by molar-refractivity contribution is 7.99. The van der Waals surface area contributed by atoms with Crippen molar-refractivity contribution in [3.8, 4) is 10.7 Å². The zero-order valence-electron chi connectivity index (χ0n) is 11.2. The van der Waals surface area contributed by atoms with Crippen LogP contribution in [0.2, 0.25) is 0 Å². The number of rotatable bonds is 5. The molecule has 0 amide bonds. The molecular weight excluding hydrogens is 328 g/mol. The van der Waals surface area contributed by atoms with Crippen LogP contribution in [-0.4, -0.2) is 26.0 Å². The second-order valence-electron chi connectivity index (χ2n) is 4.41. The Bertz CT molecular complexity index is 741. The summed E-state index contributed by atoms with van der Waals surface area (Å²) in [4.78, 5) is 5.22. The lowest BCUT2D eigenvalue weighted by Gasteiger charge is -2.11. The van der Waals surface area contributed by atoms with Gasteiger partial charge < -0.3 is 5.11 Å². The fourth-order valence-corrected chi connectivity index (χ4v) is 3.30. The third kappa shape index (κ3) is 3.18. The number of aliphatic hydroxyl groups excluding tert-OH is 1. The van der Waals surface area contributed by atoms with E-state index >= 15 is 0 Å². The van der Waals surface area contributed by atoms with Crippen LogP contribution in [0.15, 0.2) is 40.9 Å². The molecule has 4 nitrogen and oxygen atoms in total. The number of nitrogens with one attached hydrogen (secondary N) is 1. The summed E-state index contributed by atoms with van der Waals surface area (Å²) in [5.74, 6) is -0.839. The molecule has 114 valence electrons. The summed E-state index contributed by atoms with van der Waals surface area (Å²) in [6.45, 7) is 0. The third-order valence-electron chi connectivity index (χ3n) is 2.92. The maximum atomic E-state index is 13.6. The van der Waals surface area contributed by atoms with Gasteiger partial charge in [-0.2, -0.15) is 0 Å². The van der Waals surface area contributed by atoms with Crippen LogP contribution in [0.3, 0.4) is 0 Å². The smallest absolute Gasteiger partial charge is 0.208 e. The van der Waals surface area contributed by atoms with Crippen LogP contribution >= 0.6 is 23.1 Å². The van der Waals surface area contributed by atoms with E-state index in [1.165, 1.54) is 17.4 Å². The Kier molecular flexibility index (Phi) is 4.51. The van der Waals surface area contributed by atoms with Crippen LogP contribution in [0.5, 0.6) is 0 Å². The van der Waals surface area contributed by atoms with Gasteiger partial charge >= 0.3 is 0 Å². The standard InChI is InChI=1S/C14H11F2N3OS2/c15-8-3-1-4-9(16)12(8)10(20)7-22-14-17-13(18-19-14)11-5-2-6-21-11/h1-6,10,20H,7H2,(H,17,18,19). The van der Waals surface area contributed by atoms with Crippen molar-refractivity contribution < 1.29 is 13.9 Å². The summed E-state index contributed by atoms with van der Waals surface area (Å²) in [6.07, 6.45) is -1.27. The Balaban J connectivity index is 1.68. The fraction of sp³-hybridized carbons (Fsp3) is 0.143. The lowest BCUT2D eigenvalue weighted by molar-refractivity contribution is 0.193. The minimum atomic E-state index is -1.27. The maximum Gasteiger partial charge on any atom is 0.208 e. The van der Waals surface area contributed by atoms with E-state index in [2.05, 4.69) is 15.2 Å². The number of H-pyrrole nitrogens is 1. The molecule has 0 saturated heterocycles. The lowest BCUT2D eigenvalue weighted by Crippen LogP contribution is -2.06. The molecular formula is C14H11F2N3OS2. The summed E-state index contributed by atoms with van der Waals surface area (Å²) in [6, 6.07) is 7.31. The second kappa shape index (κ2) is 6.55. The zero-order chi connectivity index (χ0) is 15.5. The average molecular weight is 339 g/mol. The monoisotopic (exact) mass is 339 g/mol. The number of thioether (sulfide) groups is 1. The molecule has 1 atom stereocenters. The summed E-state index contributed by atoms with van der Waals surface area (Å²) in [7, 11) is 0. The van der Waals surface area contributed by atoms with E-state index < -0.39 is 17.7 Å². The molecule has 0 bridgehead atoms. The van der Waals surface area contributed by atoms with Crippen LogP contribution in [-0.2, 0) is 0 Å². The minimum Gasteiger partial charge on any atom is -0.387 e. The van der Waals surface area contributed by atoms with E-state index in [1.54, 1.807) is 0 Å². The Morgan fingerprint density at radius 1 is 1.23 bits per heavy atom. The van der Waals surface area contributed by atoms with Crippen molar-refractivity contribution in [1.82, 2.24) is 15.2 Å². The van der Waals surface area contributed by atoms with Gasteiger partial charge in [0.05, 0.1) is 16.5 Å². The van der Waals surface area contributed by atoms with Crippen molar-refractivity contribution in [2.24, 2.45) is 0 Å². The highest BCUT2D eigenvalue weighted by atomic mass is 32.2. The molecule has 0 aliphatic heterocycles. The molecule has 0 saturated carbocycles. The van der Waals surface area contributed by atoms with Gasteiger partial charge in [0.2, 0.25) is 5.16 Å². The molecule has 2 heterocycles. The van der Waals surface area contributed by atoms with Gasteiger partial charge in [0.1, 0.15) is 11.6 Å². The summed E-state index contributed by atoms with van der Waals surface area (Å²) < 4.78 is 27.1. The number of hydrogen-bond acceptors (Lipinski definition) is 5. The van der Waals surface area contributed by atoms with Gasteiger partial charge in [0.15, 0.2) is 5.82 Å². The number of nitrogens with zero attached hydrogens (tertiary/aromatic N) is 2. The molecule has 1 unspecified atom stereocenters. The molecule has 3 aromatic rings. The third-order valence-corrected chi connectivity index (χ3v) is 4.72. The first-order chi connectivity index (χ1) is 10.6. The highest BCUT2D eigenvalue weighted by Crippen LogP contribution is 2.28. The normalized spacial score (nSPS) is 12.5. The van der Waals surface area contributed by atoms with E-state index in [-0.39, 0.29) is 11.3 Å². The number of aromatic nitrogens is 3. The largest absolute Gasteiger partial charge is 0.387 e. The lowest BCUT2D eigenvalue weighted by atomic mass is 10.1. The fourth-order valence-electron chi connectivity index (χ4n) is 1.90. The Labute approximate surface area is 133 Å². The summed E-state index contributed by atoms with van der Waals surface area (Å²) in [5, 5.41) is 19.1. The molecule has 0 aliphatic rings. The molecule has 0 spiro atoms. The topological polar surface area (TPSA) is 61.8 Å². The van der Waals surface area contributed by atoms with Crippen molar-refractivity contribution in [1.29, 1.82) is 0 Å². The van der Waals surface area contributed by atoms with E-state index in [4.69, 9.17) is 0 Å². The van der Waals surface area contributed by atoms with Crippen LogP contribution in [0.1, 0.15) is 11.7 Å². The Morgan fingerprint density at radius 2 is 2.00 bits per heavy atom. The van der Waals surface area contributed by atoms with Crippen molar-refractivity contribution in [3.63, 3.8) is 0 Å². The number of halogens is 2. The van der Waals surface area contributed by atoms with Crippen molar-refractivity contribution in [2.45, 2.75) is 11.3 Å². The zero-order valence-corrected chi connectivity index (χ0v) is 12.8. The number of hydrogen-bond donors (Lipinski definition) is 2. The molecule has 2 aromatic heterocycles. The molecule has 0 fully saturated rings. The Morgan fingerprint density at radius 3 is 2.68 bits per heavy atom. The summed E-state index contributed by atoms with van der Waals surface area (Å²) >= 11 is 2.65. The molecule has 22 heavy (non-hydrogen) atoms. The number of thiophene rings is 1. The van der Waals surface area contributed by atoms with E-state index in [1.807, 2.05) is 17.5 Å². The quantitative estimate of drug-likeness (QED) is 0.697. The second-order valence-corrected chi connectivity index (χ2v) is 6.34. The first-order valence-corrected chi connectivity index (χ1v) is 8.22. The first-order valence-electron chi connectivity index (χ1n) is 6.36. The van der Waals surface area contributed by atoms with E-state index in [9.17, 15) is 13.9 Å². The average Bonchev–Trinajstić information content (AvgIpc) is 3.16. The minimum absolute atomic E-state index is 0.0551. The van der Waals surface area contributed by atoms with E-state index in [0.29, 0.717) is 11.0 Å². The summed E-state index contributed by atoms with van der Waals surface area (Å²) in [5.41, 5.74) is -0.330. The van der Waals surface area contributed by atoms with E-state index in [0.717, 1.165) is 28.8 Å². The maximum absolute atomic E-state index is 13.6. The number of benzene rings is 1. The van der Waals surface area contributed by atoms with Crippen LogP contribution in [0, 0.1) is 11.6 Å². The van der Waals surface area contributed by atoms with Crippen LogP contribution in [0.4, 0.5) is 8.78 Å². The van der Waals surface area contributed by atoms with Gasteiger partial charge in [-0.3, -0.25) is 5.10 Å². The molecule has 0 radical (unpaired) electrons. The van der Waals surface area contributed by atoms with Gasteiger partial charge in [-0.25, -0.2) is 13.8 Å². The predicted octanol–water partition coefficient (Wildman–Crippen LogP) is 3.64. The Hall–Kier alpha value is -1.77. The predicted molar refractivity (Wildman–Crippen MR) is 81.7 cm³/mol. The van der Waals surface area contributed by atoms with Gasteiger partial charge in [0.25, 0.3) is 0 Å². The van der Waals surface area contributed by atoms with Crippen LogP contribution < -0.4 is 0 Å². The van der Waals surface area contributed by atoms with Crippen molar-refractivity contribution >= 4 is 23.1 Å². The SMILES string of the molecule is OC(CSc1n[nH]c(-c2cccs2)n1)c1c(F)cccc1F. The first kappa shape index (κ1) is 15.1. The highest BCUT2D eigenvalue weighted by Gasteiger charge is 2.19. The molecule has 2 N–H and O–H groups in total.